The van der Waals surface area contributed by atoms with Crippen LogP contribution in [-0.4, -0.2) is 288 Å². The molecule has 0 saturated carbocycles. The number of likely N-dealkylation sites (tertiary alicyclic amines) is 4. The van der Waals surface area contributed by atoms with Crippen LogP contribution in [0.25, 0.3) is 0 Å². The maximum absolute atomic E-state index is 5.10. The van der Waals surface area contributed by atoms with E-state index in [-0.39, 0.29) is 0 Å². The SMILES string of the molecule is CC.CC.CC.CC.CC.CC.CC.CC.CC.CN1CCC1.CN1CCCC1.CN1CCCCC1.CN1CCCCCC1.CN1CCCCN1C.CN1CCCN1C.CN1CCCO1.CN1CCN(C)CC1.CN1CCOCC1. The van der Waals surface area contributed by atoms with Crippen molar-refractivity contribution < 1.29 is 9.57 Å². The Kier molecular flexibility index (Phi) is 107. The third-order valence-corrected chi connectivity index (χ3v) is 13.1. The minimum atomic E-state index is 0.913. The average Bonchev–Trinajstić information content (AvgIpc) is 4.26. The third-order valence-electron chi connectivity index (χ3n) is 13.1. The minimum absolute atomic E-state index is 0.913. The van der Waals surface area contributed by atoms with Gasteiger partial charge in [0.15, 0.2) is 0 Å². The molecule has 0 aromatic heterocycles. The average molecular weight is 1160 g/mol. The van der Waals surface area contributed by atoms with Crippen molar-refractivity contribution in [1.29, 1.82) is 0 Å². The largest absolute Gasteiger partial charge is 0.379 e. The van der Waals surface area contributed by atoms with E-state index in [9.17, 15) is 0 Å². The molecular formula is C66H162N12O2. The highest BCUT2D eigenvalue weighted by molar-refractivity contribution is 4.65. The smallest absolute Gasteiger partial charge is 0.0698 e. The summed E-state index contributed by atoms with van der Waals surface area (Å²) in [6.45, 7) is 62.4. The van der Waals surface area contributed by atoms with Crippen LogP contribution in [-0.2, 0) is 9.57 Å². The van der Waals surface area contributed by atoms with Gasteiger partial charge in [0.2, 0.25) is 0 Å². The van der Waals surface area contributed by atoms with Crippen LogP contribution in [0.2, 0.25) is 0 Å². The number of hydrogen-bond acceptors (Lipinski definition) is 14. The van der Waals surface area contributed by atoms with Crippen molar-refractivity contribution in [1.82, 2.24) is 59.4 Å². The molecule has 0 N–H and O–H groups in total. The van der Waals surface area contributed by atoms with Crippen LogP contribution in [0, 0.1) is 0 Å². The first kappa shape index (κ1) is 98.5. The number of ether oxygens (including phenoxy) is 1. The number of hydrogen-bond donors (Lipinski definition) is 0. The van der Waals surface area contributed by atoms with Gasteiger partial charge in [0.1, 0.15) is 0 Å². The molecule has 0 aromatic rings. The molecule has 14 nitrogen and oxygen atoms in total. The molecule has 0 radical (unpaired) electrons. The van der Waals surface area contributed by atoms with Crippen LogP contribution < -0.4 is 0 Å². The number of nitrogens with zero attached hydrogens (tertiary/aromatic N) is 12. The first-order chi connectivity index (χ1) is 38.8. The molecule has 80 heavy (non-hydrogen) atoms. The summed E-state index contributed by atoms with van der Waals surface area (Å²) < 4.78 is 5.10. The van der Waals surface area contributed by atoms with Crippen LogP contribution in [0.4, 0.5) is 0 Å². The molecule has 9 fully saturated rings. The third kappa shape index (κ3) is 79.5. The predicted octanol–water partition coefficient (Wildman–Crippen LogP) is 13.7. The Morgan fingerprint density at radius 1 is 0.175 bits per heavy atom. The summed E-state index contributed by atoms with van der Waals surface area (Å²) in [7, 11) is 25.6. The Morgan fingerprint density at radius 2 is 0.375 bits per heavy atom. The zero-order valence-corrected chi connectivity index (χ0v) is 61.6. The number of rotatable bonds is 0. The summed E-state index contributed by atoms with van der Waals surface area (Å²) >= 11 is 0. The Morgan fingerprint density at radius 3 is 0.537 bits per heavy atom. The number of morpholine rings is 1. The summed E-state index contributed by atoms with van der Waals surface area (Å²) in [5, 5.41) is 10.9. The minimum Gasteiger partial charge on any atom is -0.379 e. The van der Waals surface area contributed by atoms with E-state index < -0.39 is 0 Å². The molecule has 0 spiro atoms. The maximum atomic E-state index is 5.10. The number of piperidine rings is 1. The van der Waals surface area contributed by atoms with E-state index in [1.807, 2.05) is 137 Å². The summed E-state index contributed by atoms with van der Waals surface area (Å²) in [5.41, 5.74) is 0. The summed E-state index contributed by atoms with van der Waals surface area (Å²) in [5.74, 6) is 0. The highest BCUT2D eigenvalue weighted by atomic mass is 16.7. The Labute approximate surface area is 510 Å². The van der Waals surface area contributed by atoms with E-state index >= 15 is 0 Å². The molecular weight excluding hydrogens is 993 g/mol. The van der Waals surface area contributed by atoms with E-state index in [0.717, 1.165) is 39.5 Å². The molecule has 0 unspecified atom stereocenters. The molecule has 9 rings (SSSR count). The van der Waals surface area contributed by atoms with Crippen molar-refractivity contribution >= 4 is 0 Å². The molecule has 0 aliphatic carbocycles. The number of likely N-dealkylation sites (N-methyl/N-ethyl adjacent to an activating group) is 3. The van der Waals surface area contributed by atoms with Crippen molar-refractivity contribution in [2.75, 3.05) is 229 Å². The molecule has 9 saturated heterocycles. The lowest BCUT2D eigenvalue weighted by molar-refractivity contribution is -0.0867. The van der Waals surface area contributed by atoms with Gasteiger partial charge in [-0.15, -0.1) is 0 Å². The Bertz CT molecular complexity index is 879. The van der Waals surface area contributed by atoms with Crippen molar-refractivity contribution in [2.45, 2.75) is 215 Å². The Hall–Kier alpha value is -0.560. The first-order valence-corrected chi connectivity index (χ1v) is 34.3. The van der Waals surface area contributed by atoms with Gasteiger partial charge in [-0.05, 0) is 172 Å². The highest BCUT2D eigenvalue weighted by Crippen LogP contribution is 2.08. The molecule has 9 heterocycles. The van der Waals surface area contributed by atoms with Crippen molar-refractivity contribution in [3.63, 3.8) is 0 Å². The second-order valence-electron chi connectivity index (χ2n) is 19.4. The summed E-state index contributed by atoms with van der Waals surface area (Å²) in [6, 6.07) is 0. The number of piperazine rings is 1. The van der Waals surface area contributed by atoms with Crippen molar-refractivity contribution in [3.8, 4) is 0 Å². The van der Waals surface area contributed by atoms with Gasteiger partial charge in [-0.1, -0.05) is 144 Å². The maximum Gasteiger partial charge on any atom is 0.0698 e. The molecule has 9 aliphatic heterocycles. The Balaban J connectivity index is -0.0000000979. The highest BCUT2D eigenvalue weighted by Gasteiger charge is 2.12. The fourth-order valence-corrected chi connectivity index (χ4v) is 7.66. The second kappa shape index (κ2) is 87.2. The van der Waals surface area contributed by atoms with Gasteiger partial charge in [-0.2, -0.15) is 5.06 Å². The van der Waals surface area contributed by atoms with Crippen molar-refractivity contribution in [2.24, 2.45) is 0 Å². The van der Waals surface area contributed by atoms with Gasteiger partial charge in [0, 0.05) is 107 Å². The van der Waals surface area contributed by atoms with E-state index in [0.29, 0.717) is 0 Å². The number of hydroxylamine groups is 2. The van der Waals surface area contributed by atoms with Gasteiger partial charge in [-0.25, -0.2) is 20.0 Å². The van der Waals surface area contributed by atoms with Crippen LogP contribution in [0.15, 0.2) is 0 Å². The summed E-state index contributed by atoms with van der Waals surface area (Å²) in [4.78, 5) is 21.5. The number of hydrazine groups is 2. The molecule has 14 heteroatoms. The predicted molar refractivity (Wildman–Crippen MR) is 369 cm³/mol. The fraction of sp³-hybridized carbons (Fsp3) is 1.00. The molecule has 0 bridgehead atoms. The van der Waals surface area contributed by atoms with Crippen molar-refractivity contribution in [3.05, 3.63) is 0 Å². The lowest BCUT2D eigenvalue weighted by Crippen LogP contribution is -2.42. The van der Waals surface area contributed by atoms with Gasteiger partial charge >= 0.3 is 0 Å². The molecule has 0 aromatic carbocycles. The van der Waals surface area contributed by atoms with E-state index in [1.54, 1.807) is 0 Å². The lowest BCUT2D eigenvalue weighted by Gasteiger charge is -2.32. The normalized spacial score (nSPS) is 20.6. The zero-order valence-electron chi connectivity index (χ0n) is 61.6. The molecule has 0 amide bonds. The fourth-order valence-electron chi connectivity index (χ4n) is 7.66. The van der Waals surface area contributed by atoms with Crippen LogP contribution in [0.3, 0.4) is 0 Å². The van der Waals surface area contributed by atoms with Gasteiger partial charge < -0.3 is 39.0 Å². The second-order valence-corrected chi connectivity index (χ2v) is 19.4. The van der Waals surface area contributed by atoms with Gasteiger partial charge in [-0.3, -0.25) is 4.84 Å². The van der Waals surface area contributed by atoms with Gasteiger partial charge in [0.05, 0.1) is 19.8 Å². The quantitative estimate of drug-likeness (QED) is 0.231. The monoisotopic (exact) mass is 1160 g/mol. The van der Waals surface area contributed by atoms with E-state index in [1.165, 1.54) is 195 Å². The first-order valence-electron chi connectivity index (χ1n) is 34.3. The topological polar surface area (TPSA) is 57.3 Å². The lowest BCUT2D eigenvalue weighted by atomic mass is 10.1. The standard InChI is InChI=1S/C7H15N.2C6H14N2.C6H13N.C5H12N2.C5H11NO.C5H11N.C4H9NO.C4H9N.9C2H6/c1-8-6-4-2-3-5-7-8;1-7-3-5-8(2)6-4-7;1-7-5-3-4-6-8(7)2;1-7-5-3-2-4-6-7;1-6-4-3-5-7(6)2;1-6-2-4-7-5-3-6;1-6-4-2-3-5-6;1-5-3-2-4-6-5;1-5-3-2-4-5;9*1-2/h2-7H2,1H3;2*3-6H2,1-2H3;2-6H2,1H3;3-5H2,1-2H3;2-5H2,1H3;2-5H2,1H3;2-4H2,1H3;2-4H2,1H3;9*1-2H3. The van der Waals surface area contributed by atoms with Crippen LogP contribution in [0.5, 0.6) is 0 Å². The van der Waals surface area contributed by atoms with E-state index in [4.69, 9.17) is 9.57 Å². The summed E-state index contributed by atoms with van der Waals surface area (Å²) in [6.07, 6.45) is 19.5. The van der Waals surface area contributed by atoms with Gasteiger partial charge in [0.25, 0.3) is 0 Å². The molecule has 0 atom stereocenters. The molecule has 9 aliphatic rings. The van der Waals surface area contributed by atoms with E-state index in [2.05, 4.69) is 132 Å². The molecule has 498 valence electrons. The van der Waals surface area contributed by atoms with Crippen LogP contribution >= 0.6 is 0 Å². The zero-order chi connectivity index (χ0) is 63.8. The van der Waals surface area contributed by atoms with Crippen LogP contribution in [0.1, 0.15) is 215 Å².